The van der Waals surface area contributed by atoms with Crippen molar-refractivity contribution in [1.82, 2.24) is 9.55 Å². The van der Waals surface area contributed by atoms with Crippen molar-refractivity contribution in [2.24, 2.45) is 0 Å². The van der Waals surface area contributed by atoms with Crippen LogP contribution in [-0.4, -0.2) is 49.2 Å². The Balaban J connectivity index is 2.01. The molecular weight excluding hydrogens is 278 g/mol. The summed E-state index contributed by atoms with van der Waals surface area (Å²) in [4.78, 5) is 4.45. The van der Waals surface area contributed by atoms with Crippen LogP contribution in [0.4, 0.5) is 5.95 Å². The molecule has 1 unspecified atom stereocenters. The summed E-state index contributed by atoms with van der Waals surface area (Å²) in [5.74, 6) is 1.28. The van der Waals surface area contributed by atoms with Gasteiger partial charge in [0, 0.05) is 32.5 Å². The summed E-state index contributed by atoms with van der Waals surface area (Å²) >= 11 is 0. The molecule has 1 fully saturated rings. The van der Waals surface area contributed by atoms with E-state index in [1.807, 2.05) is 17.7 Å². The Hall–Kier alpha value is -1.08. The van der Waals surface area contributed by atoms with Crippen molar-refractivity contribution in [3.63, 3.8) is 0 Å². The van der Waals surface area contributed by atoms with Crippen molar-refractivity contribution in [2.75, 3.05) is 30.5 Å². The molecule has 1 saturated heterocycles. The average Bonchev–Trinajstić information content (AvgIpc) is 2.69. The Bertz CT molecular complexity index is 539. The number of imidazole rings is 1. The van der Waals surface area contributed by atoms with Gasteiger partial charge in [0.15, 0.2) is 9.84 Å². The third-order valence-corrected chi connectivity index (χ3v) is 5.26. The maximum Gasteiger partial charge on any atom is 0.203 e. The third-order valence-electron chi connectivity index (χ3n) is 3.44. The number of methoxy groups -OCH3 is 1. The van der Waals surface area contributed by atoms with E-state index in [0.29, 0.717) is 12.4 Å². The van der Waals surface area contributed by atoms with Gasteiger partial charge in [-0.3, -0.25) is 0 Å². The van der Waals surface area contributed by atoms with E-state index in [9.17, 15) is 8.42 Å². The largest absolute Gasteiger partial charge is 0.385 e. The van der Waals surface area contributed by atoms with Crippen molar-refractivity contribution in [3.05, 3.63) is 11.9 Å². The summed E-state index contributed by atoms with van der Waals surface area (Å²) in [6.07, 6.45) is 4.49. The lowest BCUT2D eigenvalue weighted by atomic mass is 10.2. The molecule has 0 aromatic carbocycles. The van der Waals surface area contributed by atoms with E-state index in [0.717, 1.165) is 37.4 Å². The zero-order valence-electron chi connectivity index (χ0n) is 12.1. The normalized spacial score (nSPS) is 21.8. The van der Waals surface area contributed by atoms with E-state index in [1.165, 1.54) is 0 Å². The van der Waals surface area contributed by atoms with E-state index in [-0.39, 0.29) is 11.8 Å². The van der Waals surface area contributed by atoms with Gasteiger partial charge >= 0.3 is 0 Å². The molecule has 1 aromatic heterocycles. The molecule has 1 aliphatic heterocycles. The molecule has 1 aliphatic rings. The van der Waals surface area contributed by atoms with Crippen molar-refractivity contribution in [1.29, 1.82) is 0 Å². The lowest BCUT2D eigenvalue weighted by Crippen LogP contribution is -2.35. The fourth-order valence-electron chi connectivity index (χ4n) is 2.53. The molecule has 0 radical (unpaired) electrons. The molecule has 6 nitrogen and oxygen atoms in total. The molecule has 7 heteroatoms. The number of ether oxygens (including phenoxy) is 1. The third kappa shape index (κ3) is 4.21. The summed E-state index contributed by atoms with van der Waals surface area (Å²) < 4.78 is 30.4. The first-order chi connectivity index (χ1) is 9.50. The van der Waals surface area contributed by atoms with Crippen LogP contribution in [0.2, 0.25) is 0 Å². The summed E-state index contributed by atoms with van der Waals surface area (Å²) in [5, 5.41) is 3.28. The number of aromatic nitrogens is 2. The van der Waals surface area contributed by atoms with Crippen LogP contribution in [0, 0.1) is 6.92 Å². The van der Waals surface area contributed by atoms with Crippen LogP contribution >= 0.6 is 0 Å². The van der Waals surface area contributed by atoms with Gasteiger partial charge in [0.05, 0.1) is 17.2 Å². The second kappa shape index (κ2) is 6.58. The first kappa shape index (κ1) is 15.3. The highest BCUT2D eigenvalue weighted by Crippen LogP contribution is 2.18. The fraction of sp³-hybridized carbons (Fsp3) is 0.769. The van der Waals surface area contributed by atoms with Crippen LogP contribution < -0.4 is 5.32 Å². The minimum Gasteiger partial charge on any atom is -0.385 e. The number of rotatable bonds is 6. The van der Waals surface area contributed by atoms with Gasteiger partial charge < -0.3 is 14.6 Å². The number of hydrogen-bond donors (Lipinski definition) is 1. The van der Waals surface area contributed by atoms with Crippen LogP contribution in [0.15, 0.2) is 6.20 Å². The fourth-order valence-corrected chi connectivity index (χ4v) is 4.17. The quantitative estimate of drug-likeness (QED) is 0.800. The standard InChI is InChI=1S/C13H23N3O3S/c1-11-9-16(6-4-7-19-2)13(14-11)15-12-5-3-8-20(17,18)10-12/h9,12H,3-8,10H2,1-2H3,(H,14,15). The average molecular weight is 301 g/mol. The Morgan fingerprint density at radius 1 is 1.55 bits per heavy atom. The Kier molecular flexibility index (Phi) is 5.04. The van der Waals surface area contributed by atoms with Gasteiger partial charge in [-0.2, -0.15) is 0 Å². The first-order valence-corrected chi connectivity index (χ1v) is 8.82. The van der Waals surface area contributed by atoms with E-state index < -0.39 is 9.84 Å². The Morgan fingerprint density at radius 2 is 2.35 bits per heavy atom. The maximum absolute atomic E-state index is 11.7. The van der Waals surface area contributed by atoms with Crippen LogP contribution in [0.3, 0.4) is 0 Å². The summed E-state index contributed by atoms with van der Waals surface area (Å²) in [6.45, 7) is 3.46. The molecule has 0 amide bonds. The Labute approximate surface area is 120 Å². The van der Waals surface area contributed by atoms with E-state index >= 15 is 0 Å². The smallest absolute Gasteiger partial charge is 0.203 e. The van der Waals surface area contributed by atoms with Gasteiger partial charge in [0.25, 0.3) is 0 Å². The van der Waals surface area contributed by atoms with Crippen LogP contribution in [0.25, 0.3) is 0 Å². The molecule has 20 heavy (non-hydrogen) atoms. The number of nitrogens with zero attached hydrogens (tertiary/aromatic N) is 2. The summed E-state index contributed by atoms with van der Waals surface area (Å²) in [5.41, 5.74) is 0.934. The second-order valence-corrected chi connectivity index (χ2v) is 7.57. The number of aryl methyl sites for hydroxylation is 2. The molecule has 0 saturated carbocycles. The zero-order valence-corrected chi connectivity index (χ0v) is 12.9. The van der Waals surface area contributed by atoms with Crippen LogP contribution in [0.5, 0.6) is 0 Å². The molecular formula is C13H23N3O3S. The summed E-state index contributed by atoms with van der Waals surface area (Å²) in [6, 6.07) is -0.0308. The van der Waals surface area contributed by atoms with Gasteiger partial charge in [0.1, 0.15) is 0 Å². The monoisotopic (exact) mass is 301 g/mol. The molecule has 1 atom stereocenters. The van der Waals surface area contributed by atoms with Crippen molar-refractivity contribution in [3.8, 4) is 0 Å². The van der Waals surface area contributed by atoms with Crippen LogP contribution in [0.1, 0.15) is 25.0 Å². The molecule has 1 aromatic rings. The van der Waals surface area contributed by atoms with E-state index in [4.69, 9.17) is 4.74 Å². The summed E-state index contributed by atoms with van der Waals surface area (Å²) in [7, 11) is -1.21. The zero-order chi connectivity index (χ0) is 14.6. The molecule has 0 aliphatic carbocycles. The van der Waals surface area contributed by atoms with Gasteiger partial charge in [0.2, 0.25) is 5.95 Å². The van der Waals surface area contributed by atoms with Crippen molar-refractivity contribution >= 4 is 15.8 Å². The number of hydrogen-bond acceptors (Lipinski definition) is 5. The van der Waals surface area contributed by atoms with E-state index in [2.05, 4.69) is 10.3 Å². The van der Waals surface area contributed by atoms with E-state index in [1.54, 1.807) is 7.11 Å². The van der Waals surface area contributed by atoms with Gasteiger partial charge in [-0.1, -0.05) is 0 Å². The lowest BCUT2D eigenvalue weighted by molar-refractivity contribution is 0.190. The van der Waals surface area contributed by atoms with Gasteiger partial charge in [-0.25, -0.2) is 13.4 Å². The van der Waals surface area contributed by atoms with Crippen molar-refractivity contribution in [2.45, 2.75) is 38.8 Å². The number of sulfone groups is 1. The Morgan fingerprint density at radius 3 is 3.05 bits per heavy atom. The lowest BCUT2D eigenvalue weighted by Gasteiger charge is -2.23. The van der Waals surface area contributed by atoms with Gasteiger partial charge in [-0.05, 0) is 26.2 Å². The predicted octanol–water partition coefficient (Wildman–Crippen LogP) is 1.22. The molecule has 1 N–H and O–H groups in total. The maximum atomic E-state index is 11.7. The highest BCUT2D eigenvalue weighted by Gasteiger charge is 2.25. The number of anilines is 1. The highest BCUT2D eigenvalue weighted by molar-refractivity contribution is 7.91. The minimum atomic E-state index is -2.90. The highest BCUT2D eigenvalue weighted by atomic mass is 32.2. The topological polar surface area (TPSA) is 73.2 Å². The SMILES string of the molecule is COCCCn1cc(C)nc1NC1CCCS(=O)(=O)C1. The minimum absolute atomic E-state index is 0.0308. The second-order valence-electron chi connectivity index (χ2n) is 5.34. The molecule has 0 bridgehead atoms. The molecule has 114 valence electrons. The van der Waals surface area contributed by atoms with Crippen LogP contribution in [-0.2, 0) is 21.1 Å². The molecule has 2 rings (SSSR count). The van der Waals surface area contributed by atoms with Gasteiger partial charge in [-0.15, -0.1) is 0 Å². The van der Waals surface area contributed by atoms with Crippen molar-refractivity contribution < 1.29 is 13.2 Å². The first-order valence-electron chi connectivity index (χ1n) is 7.00. The number of nitrogens with one attached hydrogen (secondary N) is 1. The molecule has 0 spiro atoms. The predicted molar refractivity (Wildman–Crippen MR) is 78.8 cm³/mol. The molecule has 2 heterocycles.